The molecule has 1 aromatic heterocycles. The van der Waals surface area contributed by atoms with E-state index in [4.69, 9.17) is 9.52 Å². The molecule has 0 saturated heterocycles. The molecule has 0 saturated carbocycles. The van der Waals surface area contributed by atoms with Gasteiger partial charge in [0.25, 0.3) is 0 Å². The molecule has 0 aliphatic carbocycles. The first-order chi connectivity index (χ1) is 12.3. The quantitative estimate of drug-likeness (QED) is 0.715. The summed E-state index contributed by atoms with van der Waals surface area (Å²) in [6.45, 7) is -0.530. The summed E-state index contributed by atoms with van der Waals surface area (Å²) >= 11 is 0. The molecule has 134 valence electrons. The first-order valence-electron chi connectivity index (χ1n) is 7.45. The lowest BCUT2D eigenvalue weighted by atomic mass is 10.1. The fraction of sp³-hybridized carbons (Fsp3) is 0.111. The van der Waals surface area contributed by atoms with E-state index < -0.39 is 30.0 Å². The Kier molecular flexibility index (Phi) is 4.41. The molecule has 5 nitrogen and oxygen atoms in total. The lowest BCUT2D eigenvalue weighted by molar-refractivity contribution is -0.138. The predicted molar refractivity (Wildman–Crippen MR) is 88.5 cm³/mol. The highest BCUT2D eigenvalue weighted by Crippen LogP contribution is 2.29. The maximum Gasteiger partial charge on any atom is 0.420 e. The van der Waals surface area contributed by atoms with E-state index >= 15 is 0 Å². The monoisotopic (exact) mass is 363 g/mol. The molecule has 0 aliphatic rings. The van der Waals surface area contributed by atoms with Crippen molar-refractivity contribution in [2.75, 3.05) is 0 Å². The zero-order valence-corrected chi connectivity index (χ0v) is 13.2. The summed E-state index contributed by atoms with van der Waals surface area (Å²) in [4.78, 5) is 22.7. The number of para-hydroxylation sites is 1. The summed E-state index contributed by atoms with van der Waals surface area (Å²) < 4.78 is 43.8. The number of oxazole rings is 1. The Balaban J connectivity index is 1.95. The van der Waals surface area contributed by atoms with Crippen molar-refractivity contribution in [3.05, 3.63) is 69.7 Å². The van der Waals surface area contributed by atoms with Gasteiger partial charge in [0.05, 0.1) is 11.1 Å². The molecule has 0 radical (unpaired) electrons. The number of aromatic nitrogens is 1. The fourth-order valence-electron chi connectivity index (χ4n) is 2.49. The van der Waals surface area contributed by atoms with Crippen LogP contribution in [0.15, 0.2) is 51.7 Å². The third kappa shape index (κ3) is 3.53. The third-order valence-corrected chi connectivity index (χ3v) is 3.71. The lowest BCUT2D eigenvalue weighted by Gasteiger charge is -2.05. The van der Waals surface area contributed by atoms with Gasteiger partial charge in [-0.2, -0.15) is 13.2 Å². The van der Waals surface area contributed by atoms with Crippen LogP contribution in [0.25, 0.3) is 23.3 Å². The van der Waals surface area contributed by atoms with Gasteiger partial charge in [0.1, 0.15) is 6.54 Å². The Hall–Kier alpha value is -3.29. The summed E-state index contributed by atoms with van der Waals surface area (Å²) in [5.74, 6) is -1.97. The number of nitrogens with zero attached hydrogens (tertiary/aromatic N) is 1. The number of aliphatic carboxylic acids is 1. The van der Waals surface area contributed by atoms with Crippen molar-refractivity contribution >= 4 is 29.2 Å². The Morgan fingerprint density at radius 1 is 1.12 bits per heavy atom. The van der Waals surface area contributed by atoms with Gasteiger partial charge in [-0.3, -0.25) is 9.36 Å². The molecule has 1 N–H and O–H groups in total. The van der Waals surface area contributed by atoms with Crippen LogP contribution in [-0.4, -0.2) is 15.6 Å². The first kappa shape index (κ1) is 17.5. The van der Waals surface area contributed by atoms with Crippen molar-refractivity contribution in [1.82, 2.24) is 4.57 Å². The summed E-state index contributed by atoms with van der Waals surface area (Å²) in [6, 6.07) is 9.43. The van der Waals surface area contributed by atoms with Crippen LogP contribution in [0.4, 0.5) is 13.2 Å². The van der Waals surface area contributed by atoms with Gasteiger partial charge in [-0.1, -0.05) is 36.4 Å². The molecule has 3 rings (SSSR count). The van der Waals surface area contributed by atoms with E-state index in [9.17, 15) is 22.8 Å². The fourth-order valence-corrected chi connectivity index (χ4v) is 2.49. The minimum atomic E-state index is -4.40. The Bertz CT molecular complexity index is 1040. The molecule has 0 amide bonds. The van der Waals surface area contributed by atoms with Gasteiger partial charge in [-0.05, 0) is 23.8 Å². The maximum absolute atomic E-state index is 12.6. The molecule has 8 heteroatoms. The zero-order valence-electron chi connectivity index (χ0n) is 13.2. The lowest BCUT2D eigenvalue weighted by Crippen LogP contribution is -2.19. The molecular formula is C18H12F3NO4. The summed E-state index contributed by atoms with van der Waals surface area (Å²) in [5, 5.41) is 8.87. The standard InChI is InChI=1S/C18H12F3NO4/c19-18(20,21)13-8-5-11(6-9-13)4-7-12-2-1-3-14-16(12)26-17(25)22(14)10-15(23)24/h1-9H,10H2,(H,23,24)/b7-4+. The van der Waals surface area contributed by atoms with E-state index in [2.05, 4.69) is 0 Å². The zero-order chi connectivity index (χ0) is 18.9. The number of rotatable bonds is 4. The van der Waals surface area contributed by atoms with Crippen LogP contribution >= 0.6 is 0 Å². The minimum absolute atomic E-state index is 0.210. The SMILES string of the molecule is O=C(O)Cn1c(=O)oc2c(/C=C/c3ccc(C(F)(F)F)cc3)cccc21. The molecule has 0 aliphatic heterocycles. The Morgan fingerprint density at radius 2 is 1.81 bits per heavy atom. The van der Waals surface area contributed by atoms with E-state index in [1.54, 1.807) is 30.4 Å². The first-order valence-corrected chi connectivity index (χ1v) is 7.45. The van der Waals surface area contributed by atoms with Crippen molar-refractivity contribution in [1.29, 1.82) is 0 Å². The molecule has 0 spiro atoms. The number of carboxylic acid groups (broad SMARTS) is 1. The molecule has 0 bridgehead atoms. The van der Waals surface area contributed by atoms with Gasteiger partial charge in [0.15, 0.2) is 5.58 Å². The second kappa shape index (κ2) is 6.55. The van der Waals surface area contributed by atoms with Gasteiger partial charge in [0.2, 0.25) is 0 Å². The Labute approximate surface area is 144 Å². The third-order valence-electron chi connectivity index (χ3n) is 3.71. The number of carboxylic acids is 1. The number of hydrogen-bond acceptors (Lipinski definition) is 3. The van der Waals surface area contributed by atoms with Crippen molar-refractivity contribution < 1.29 is 27.5 Å². The van der Waals surface area contributed by atoms with Gasteiger partial charge in [0, 0.05) is 5.56 Å². The van der Waals surface area contributed by atoms with Gasteiger partial charge < -0.3 is 9.52 Å². The van der Waals surface area contributed by atoms with E-state index in [-0.39, 0.29) is 5.58 Å². The van der Waals surface area contributed by atoms with Crippen LogP contribution in [0.3, 0.4) is 0 Å². The number of fused-ring (bicyclic) bond motifs is 1. The molecular weight excluding hydrogens is 351 g/mol. The average Bonchev–Trinajstić information content (AvgIpc) is 2.88. The van der Waals surface area contributed by atoms with Crippen LogP contribution < -0.4 is 5.76 Å². The van der Waals surface area contributed by atoms with Crippen molar-refractivity contribution in [3.63, 3.8) is 0 Å². The minimum Gasteiger partial charge on any atom is -0.480 e. The van der Waals surface area contributed by atoms with Crippen molar-refractivity contribution in [3.8, 4) is 0 Å². The summed E-state index contributed by atoms with van der Waals surface area (Å²) in [7, 11) is 0. The van der Waals surface area contributed by atoms with Crippen LogP contribution in [0, 0.1) is 0 Å². The number of benzene rings is 2. The molecule has 0 fully saturated rings. The molecule has 3 aromatic rings. The summed E-state index contributed by atoms with van der Waals surface area (Å²) in [5.41, 5.74) is 0.827. The largest absolute Gasteiger partial charge is 0.480 e. The van der Waals surface area contributed by atoms with E-state index in [1.165, 1.54) is 12.1 Å². The van der Waals surface area contributed by atoms with Gasteiger partial charge >= 0.3 is 17.9 Å². The topological polar surface area (TPSA) is 72.4 Å². The second-order valence-corrected chi connectivity index (χ2v) is 5.50. The van der Waals surface area contributed by atoms with E-state index in [0.29, 0.717) is 16.6 Å². The molecule has 0 unspecified atom stereocenters. The normalized spacial score (nSPS) is 12.1. The van der Waals surface area contributed by atoms with Crippen LogP contribution in [0.1, 0.15) is 16.7 Å². The number of halogens is 3. The number of alkyl halides is 3. The van der Waals surface area contributed by atoms with Gasteiger partial charge in [-0.15, -0.1) is 0 Å². The smallest absolute Gasteiger partial charge is 0.420 e. The molecule has 1 heterocycles. The predicted octanol–water partition coefficient (Wildman–Crippen LogP) is 3.87. The van der Waals surface area contributed by atoms with Crippen molar-refractivity contribution in [2.45, 2.75) is 12.7 Å². The van der Waals surface area contributed by atoms with E-state index in [1.807, 2.05) is 0 Å². The molecule has 0 atom stereocenters. The van der Waals surface area contributed by atoms with Crippen LogP contribution in [0.5, 0.6) is 0 Å². The maximum atomic E-state index is 12.6. The van der Waals surface area contributed by atoms with Gasteiger partial charge in [-0.25, -0.2) is 4.79 Å². The second-order valence-electron chi connectivity index (χ2n) is 5.50. The number of carbonyl (C=O) groups is 1. The highest BCUT2D eigenvalue weighted by molar-refractivity contribution is 5.87. The Morgan fingerprint density at radius 3 is 2.42 bits per heavy atom. The molecule has 26 heavy (non-hydrogen) atoms. The highest BCUT2D eigenvalue weighted by Gasteiger charge is 2.29. The van der Waals surface area contributed by atoms with Crippen LogP contribution in [-0.2, 0) is 17.5 Å². The summed E-state index contributed by atoms with van der Waals surface area (Å²) in [6.07, 6.45) is -1.24. The highest BCUT2D eigenvalue weighted by atomic mass is 19.4. The van der Waals surface area contributed by atoms with E-state index in [0.717, 1.165) is 16.7 Å². The molecule has 2 aromatic carbocycles. The van der Waals surface area contributed by atoms with Crippen molar-refractivity contribution in [2.24, 2.45) is 0 Å². The van der Waals surface area contributed by atoms with Crippen LogP contribution in [0.2, 0.25) is 0 Å². The number of hydrogen-bond donors (Lipinski definition) is 1. The average molecular weight is 363 g/mol.